The Morgan fingerprint density at radius 2 is 2.27 bits per heavy atom. The molecule has 0 aromatic heterocycles. The molecule has 6 heteroatoms. The van der Waals surface area contributed by atoms with Crippen molar-refractivity contribution < 1.29 is 4.92 Å². The number of hydrogen-bond acceptors (Lipinski definition) is 4. The highest BCUT2D eigenvalue weighted by molar-refractivity contribution is 9.09. The maximum atomic E-state index is 10.4. The van der Waals surface area contributed by atoms with E-state index in [4.69, 9.17) is 5.73 Å². The van der Waals surface area contributed by atoms with Crippen LogP contribution in [0.15, 0.2) is 0 Å². The Kier molecular flexibility index (Phi) is 2.80. The Hall–Kier alpha value is -0.200. The average molecular weight is 224 g/mol. The summed E-state index contributed by atoms with van der Waals surface area (Å²) < 4.78 is 0. The molecule has 1 aliphatic rings. The van der Waals surface area contributed by atoms with Gasteiger partial charge in [0, 0.05) is 16.3 Å². The van der Waals surface area contributed by atoms with Crippen LogP contribution in [0.4, 0.5) is 0 Å². The van der Waals surface area contributed by atoms with Gasteiger partial charge < -0.3 is 11.1 Å². The molecule has 0 aromatic carbocycles. The van der Waals surface area contributed by atoms with Gasteiger partial charge in [-0.3, -0.25) is 10.1 Å². The van der Waals surface area contributed by atoms with E-state index in [1.54, 1.807) is 0 Å². The number of halogens is 1. The van der Waals surface area contributed by atoms with Crippen molar-refractivity contribution in [2.24, 2.45) is 5.73 Å². The number of nitrogens with two attached hydrogens (primary N) is 1. The molecule has 1 rings (SSSR count). The predicted molar refractivity (Wildman–Crippen MR) is 44.3 cm³/mol. The molecule has 0 radical (unpaired) electrons. The van der Waals surface area contributed by atoms with Crippen LogP contribution in [-0.4, -0.2) is 34.9 Å². The molecule has 0 aliphatic carbocycles. The summed E-state index contributed by atoms with van der Waals surface area (Å²) >= 11 is 3.27. The predicted octanol–water partition coefficient (Wildman–Crippen LogP) is -0.674. The number of hydrogen-bond donors (Lipinski definition) is 2. The molecule has 3 atom stereocenters. The largest absolute Gasteiger partial charge is 0.321 e. The average Bonchev–Trinajstić information content (AvgIpc) is 1.94. The van der Waals surface area contributed by atoms with Crippen molar-refractivity contribution in [3.05, 3.63) is 10.1 Å². The van der Waals surface area contributed by atoms with Gasteiger partial charge in [0.15, 0.2) is 0 Å². The number of nitrogens with zero attached hydrogens (tertiary/aromatic N) is 1. The number of nitrogens with one attached hydrogen (secondary N) is 1. The van der Waals surface area contributed by atoms with Gasteiger partial charge in [0.2, 0.25) is 6.04 Å². The first-order valence-corrected chi connectivity index (χ1v) is 4.28. The second-order valence-corrected chi connectivity index (χ2v) is 3.78. The van der Waals surface area contributed by atoms with Gasteiger partial charge in [0.25, 0.3) is 0 Å². The van der Waals surface area contributed by atoms with Gasteiger partial charge in [-0.15, -0.1) is 0 Å². The van der Waals surface area contributed by atoms with E-state index < -0.39 is 6.04 Å². The molecule has 3 N–H and O–H groups in total. The zero-order valence-corrected chi connectivity index (χ0v) is 7.45. The standard InChI is InChI=1S/C5H10BrN3O2/c6-3-1-8-2-4(5(3)7)9(10)11/h3-5,8H,1-2,7H2. The minimum atomic E-state index is -0.659. The van der Waals surface area contributed by atoms with Crippen LogP contribution in [0.2, 0.25) is 0 Å². The van der Waals surface area contributed by atoms with Gasteiger partial charge in [-0.1, -0.05) is 15.9 Å². The molecule has 1 aliphatic heterocycles. The second-order valence-electron chi connectivity index (χ2n) is 2.60. The van der Waals surface area contributed by atoms with Crippen molar-refractivity contribution in [2.75, 3.05) is 13.1 Å². The maximum Gasteiger partial charge on any atom is 0.241 e. The summed E-state index contributed by atoms with van der Waals surface area (Å²) in [7, 11) is 0. The van der Waals surface area contributed by atoms with E-state index in [0.717, 1.165) is 0 Å². The highest BCUT2D eigenvalue weighted by atomic mass is 79.9. The Labute approximate surface area is 72.6 Å². The zero-order chi connectivity index (χ0) is 8.43. The fraction of sp³-hybridized carbons (Fsp3) is 1.00. The molecule has 0 spiro atoms. The minimum absolute atomic E-state index is 0.00616. The monoisotopic (exact) mass is 223 g/mol. The van der Waals surface area contributed by atoms with Crippen molar-refractivity contribution in [3.8, 4) is 0 Å². The van der Waals surface area contributed by atoms with Crippen molar-refractivity contribution >= 4 is 15.9 Å². The summed E-state index contributed by atoms with van der Waals surface area (Å²) in [4.78, 5) is 10.1. The molecule has 1 saturated heterocycles. The lowest BCUT2D eigenvalue weighted by atomic mass is 10.0. The molecular weight excluding hydrogens is 214 g/mol. The summed E-state index contributed by atoms with van der Waals surface area (Å²) in [5, 5.41) is 13.3. The zero-order valence-electron chi connectivity index (χ0n) is 5.87. The fourth-order valence-electron chi connectivity index (χ4n) is 1.10. The van der Waals surface area contributed by atoms with Gasteiger partial charge in [-0.2, -0.15) is 0 Å². The van der Waals surface area contributed by atoms with Crippen molar-refractivity contribution in [2.45, 2.75) is 16.9 Å². The summed E-state index contributed by atoms with van der Waals surface area (Å²) in [5.41, 5.74) is 5.59. The second kappa shape index (κ2) is 3.46. The van der Waals surface area contributed by atoms with Crippen LogP contribution in [0.1, 0.15) is 0 Å². The van der Waals surface area contributed by atoms with Crippen molar-refractivity contribution in [1.82, 2.24) is 5.32 Å². The molecule has 0 amide bonds. The molecule has 1 heterocycles. The molecule has 0 saturated carbocycles. The molecular formula is C5H10BrN3O2. The van der Waals surface area contributed by atoms with Crippen molar-refractivity contribution in [1.29, 1.82) is 0 Å². The van der Waals surface area contributed by atoms with E-state index in [0.29, 0.717) is 13.1 Å². The van der Waals surface area contributed by atoms with Crippen LogP contribution in [-0.2, 0) is 0 Å². The summed E-state index contributed by atoms with van der Waals surface area (Å²) in [6.07, 6.45) is 0. The Morgan fingerprint density at radius 1 is 1.64 bits per heavy atom. The Bertz CT molecular complexity index is 166. The van der Waals surface area contributed by atoms with Crippen LogP contribution in [0.25, 0.3) is 0 Å². The Morgan fingerprint density at radius 3 is 2.73 bits per heavy atom. The number of piperidine rings is 1. The molecule has 1 fully saturated rings. The molecule has 0 aromatic rings. The third-order valence-corrected chi connectivity index (χ3v) is 2.76. The molecule has 3 unspecified atom stereocenters. The highest BCUT2D eigenvalue weighted by Crippen LogP contribution is 2.12. The topological polar surface area (TPSA) is 81.2 Å². The summed E-state index contributed by atoms with van der Waals surface area (Å²) in [5.74, 6) is 0. The van der Waals surface area contributed by atoms with Gasteiger partial charge in [0.1, 0.15) is 0 Å². The normalized spacial score (nSPS) is 38.5. The van der Waals surface area contributed by atoms with Crippen LogP contribution < -0.4 is 11.1 Å². The van der Waals surface area contributed by atoms with Gasteiger partial charge in [-0.25, -0.2) is 0 Å². The van der Waals surface area contributed by atoms with E-state index in [9.17, 15) is 10.1 Å². The van der Waals surface area contributed by atoms with E-state index in [1.807, 2.05) is 0 Å². The first kappa shape index (κ1) is 8.89. The minimum Gasteiger partial charge on any atom is -0.321 e. The maximum absolute atomic E-state index is 10.4. The quantitative estimate of drug-likeness (QED) is 0.351. The molecule has 64 valence electrons. The third-order valence-electron chi connectivity index (χ3n) is 1.83. The van der Waals surface area contributed by atoms with Crippen LogP contribution in [0.5, 0.6) is 0 Å². The van der Waals surface area contributed by atoms with Gasteiger partial charge in [-0.05, 0) is 0 Å². The van der Waals surface area contributed by atoms with E-state index in [1.165, 1.54) is 0 Å². The first-order valence-electron chi connectivity index (χ1n) is 3.37. The van der Waals surface area contributed by atoms with E-state index in [2.05, 4.69) is 21.2 Å². The third kappa shape index (κ3) is 1.88. The first-order chi connectivity index (χ1) is 5.13. The molecule has 11 heavy (non-hydrogen) atoms. The van der Waals surface area contributed by atoms with Gasteiger partial charge in [0.05, 0.1) is 12.6 Å². The van der Waals surface area contributed by atoms with E-state index >= 15 is 0 Å². The SMILES string of the molecule is NC1C(Br)CNCC1[N+](=O)[O-]. The molecule has 5 nitrogen and oxygen atoms in total. The lowest BCUT2D eigenvalue weighted by Crippen LogP contribution is -2.58. The summed E-state index contributed by atoms with van der Waals surface area (Å²) in [6, 6.07) is -1.04. The van der Waals surface area contributed by atoms with Crippen LogP contribution >= 0.6 is 15.9 Å². The van der Waals surface area contributed by atoms with Crippen LogP contribution in [0, 0.1) is 10.1 Å². The van der Waals surface area contributed by atoms with Crippen LogP contribution in [0.3, 0.4) is 0 Å². The smallest absolute Gasteiger partial charge is 0.241 e. The molecule has 0 bridgehead atoms. The highest BCUT2D eigenvalue weighted by Gasteiger charge is 2.36. The number of rotatable bonds is 1. The Balaban J connectivity index is 2.58. The lowest BCUT2D eigenvalue weighted by molar-refractivity contribution is -0.524. The number of nitro groups is 1. The fourth-order valence-corrected chi connectivity index (χ4v) is 1.68. The summed E-state index contributed by atoms with van der Waals surface area (Å²) in [6.45, 7) is 1.07. The number of alkyl halides is 1. The van der Waals surface area contributed by atoms with E-state index in [-0.39, 0.29) is 15.8 Å². The lowest BCUT2D eigenvalue weighted by Gasteiger charge is -2.27. The van der Waals surface area contributed by atoms with Crippen molar-refractivity contribution in [3.63, 3.8) is 0 Å². The van der Waals surface area contributed by atoms with Gasteiger partial charge >= 0.3 is 0 Å².